The number of carbonyl (C=O) groups is 2. The molecule has 0 aromatic carbocycles. The highest BCUT2D eigenvalue weighted by molar-refractivity contribution is 8.00. The zero-order valence-electron chi connectivity index (χ0n) is 11.9. The monoisotopic (exact) mass is 275 g/mol. The molecule has 0 spiro atoms. The molecule has 1 unspecified atom stereocenters. The average Bonchev–Trinajstić information content (AvgIpc) is 2.10. The van der Waals surface area contributed by atoms with Gasteiger partial charge in [0.05, 0.1) is 12.2 Å². The molecule has 0 radical (unpaired) electrons. The number of thioether (sulfide) groups is 1. The van der Waals surface area contributed by atoms with E-state index in [9.17, 15) is 9.59 Å². The predicted octanol–water partition coefficient (Wildman–Crippen LogP) is 2.52. The molecule has 0 aliphatic carbocycles. The van der Waals surface area contributed by atoms with Crippen molar-refractivity contribution in [1.29, 1.82) is 0 Å². The van der Waals surface area contributed by atoms with Gasteiger partial charge in [-0.1, -0.05) is 34.6 Å². The zero-order chi connectivity index (χ0) is 14.3. The number of aliphatic carboxylic acids is 1. The van der Waals surface area contributed by atoms with E-state index in [1.807, 2.05) is 34.6 Å². The van der Waals surface area contributed by atoms with Crippen molar-refractivity contribution >= 4 is 23.6 Å². The summed E-state index contributed by atoms with van der Waals surface area (Å²) in [4.78, 5) is 22.5. The Morgan fingerprint density at radius 3 is 2.22 bits per heavy atom. The maximum absolute atomic E-state index is 11.7. The van der Waals surface area contributed by atoms with Crippen LogP contribution in [0.25, 0.3) is 0 Å². The minimum Gasteiger partial charge on any atom is -0.481 e. The minimum atomic E-state index is -0.874. The minimum absolute atomic E-state index is 0.00140. The SMILES string of the molecule is CC(C)SCC(=O)NC(CC(=O)O)CC(C)(C)C. The van der Waals surface area contributed by atoms with Gasteiger partial charge in [0.1, 0.15) is 0 Å². The first-order valence-corrected chi connectivity index (χ1v) is 7.28. The van der Waals surface area contributed by atoms with Crippen LogP contribution in [-0.4, -0.2) is 34.0 Å². The van der Waals surface area contributed by atoms with Crippen LogP contribution in [0.5, 0.6) is 0 Å². The number of carboxylic acids is 1. The van der Waals surface area contributed by atoms with Crippen molar-refractivity contribution < 1.29 is 14.7 Å². The molecule has 0 fully saturated rings. The van der Waals surface area contributed by atoms with Gasteiger partial charge in [-0.2, -0.15) is 0 Å². The molecule has 1 atom stereocenters. The number of hydrogen-bond donors (Lipinski definition) is 2. The van der Waals surface area contributed by atoms with Crippen LogP contribution in [-0.2, 0) is 9.59 Å². The number of carboxylic acid groups (broad SMARTS) is 1. The number of rotatable bonds is 7. The second-order valence-electron chi connectivity index (χ2n) is 5.99. The summed E-state index contributed by atoms with van der Waals surface area (Å²) < 4.78 is 0. The van der Waals surface area contributed by atoms with Gasteiger partial charge < -0.3 is 10.4 Å². The van der Waals surface area contributed by atoms with Crippen LogP contribution in [0.4, 0.5) is 0 Å². The molecule has 0 saturated heterocycles. The van der Waals surface area contributed by atoms with Crippen molar-refractivity contribution in [1.82, 2.24) is 5.32 Å². The Labute approximate surface area is 114 Å². The number of nitrogens with one attached hydrogen (secondary N) is 1. The van der Waals surface area contributed by atoms with Crippen LogP contribution in [0, 0.1) is 5.41 Å². The van der Waals surface area contributed by atoms with Crippen LogP contribution in [0.2, 0.25) is 0 Å². The average molecular weight is 275 g/mol. The summed E-state index contributed by atoms with van der Waals surface area (Å²) >= 11 is 1.56. The summed E-state index contributed by atoms with van der Waals surface area (Å²) in [6.45, 7) is 10.2. The Balaban J connectivity index is 4.31. The zero-order valence-corrected chi connectivity index (χ0v) is 12.8. The summed E-state index contributed by atoms with van der Waals surface area (Å²) in [5.41, 5.74) is -0.00140. The number of amides is 1. The highest BCUT2D eigenvalue weighted by atomic mass is 32.2. The number of hydrogen-bond acceptors (Lipinski definition) is 3. The van der Waals surface area contributed by atoms with Crippen LogP contribution in [0.3, 0.4) is 0 Å². The maximum Gasteiger partial charge on any atom is 0.305 e. The quantitative estimate of drug-likeness (QED) is 0.749. The molecule has 4 nitrogen and oxygen atoms in total. The molecule has 0 aliphatic rings. The Morgan fingerprint density at radius 2 is 1.83 bits per heavy atom. The lowest BCUT2D eigenvalue weighted by Gasteiger charge is -2.25. The first kappa shape index (κ1) is 17.3. The third-order valence-corrected chi connectivity index (χ3v) is 3.29. The van der Waals surface area contributed by atoms with Gasteiger partial charge in [0, 0.05) is 6.04 Å². The lowest BCUT2D eigenvalue weighted by atomic mass is 9.87. The highest BCUT2D eigenvalue weighted by Crippen LogP contribution is 2.22. The van der Waals surface area contributed by atoms with E-state index in [0.717, 1.165) is 0 Å². The summed E-state index contributed by atoms with van der Waals surface area (Å²) in [5.74, 6) is -0.567. The molecule has 2 N–H and O–H groups in total. The molecule has 0 saturated carbocycles. The first-order chi connectivity index (χ1) is 8.10. The summed E-state index contributed by atoms with van der Waals surface area (Å²) in [6.07, 6.45) is 0.646. The molecular weight excluding hydrogens is 250 g/mol. The Hall–Kier alpha value is -0.710. The predicted molar refractivity (Wildman–Crippen MR) is 75.8 cm³/mol. The fraction of sp³-hybridized carbons (Fsp3) is 0.846. The van der Waals surface area contributed by atoms with Gasteiger partial charge in [0.2, 0.25) is 5.91 Å². The smallest absolute Gasteiger partial charge is 0.305 e. The van der Waals surface area contributed by atoms with Crippen molar-refractivity contribution in [3.05, 3.63) is 0 Å². The van der Waals surface area contributed by atoms with Gasteiger partial charge in [0.15, 0.2) is 0 Å². The Morgan fingerprint density at radius 1 is 1.28 bits per heavy atom. The fourth-order valence-electron chi connectivity index (χ4n) is 1.64. The molecule has 5 heteroatoms. The standard InChI is InChI=1S/C13H25NO3S/c1-9(2)18-8-11(15)14-10(6-12(16)17)7-13(3,4)5/h9-10H,6-8H2,1-5H3,(H,14,15)(H,16,17). The molecule has 0 aromatic heterocycles. The maximum atomic E-state index is 11.7. The van der Waals surface area contributed by atoms with E-state index in [0.29, 0.717) is 17.4 Å². The van der Waals surface area contributed by atoms with Crippen molar-refractivity contribution in [2.45, 2.75) is 58.8 Å². The van der Waals surface area contributed by atoms with E-state index < -0.39 is 5.97 Å². The van der Waals surface area contributed by atoms with E-state index >= 15 is 0 Å². The summed E-state index contributed by atoms with van der Waals surface area (Å²) in [7, 11) is 0. The molecule has 0 aliphatic heterocycles. The Kier molecular flexibility index (Phi) is 7.36. The molecule has 0 bridgehead atoms. The fourth-order valence-corrected chi connectivity index (χ4v) is 2.20. The molecule has 0 aromatic rings. The molecule has 18 heavy (non-hydrogen) atoms. The highest BCUT2D eigenvalue weighted by Gasteiger charge is 2.22. The lowest BCUT2D eigenvalue weighted by molar-refractivity contribution is -0.137. The van der Waals surface area contributed by atoms with Crippen LogP contribution in [0.1, 0.15) is 47.5 Å². The van der Waals surface area contributed by atoms with Gasteiger partial charge in [0.25, 0.3) is 0 Å². The van der Waals surface area contributed by atoms with Crippen molar-refractivity contribution in [2.75, 3.05) is 5.75 Å². The van der Waals surface area contributed by atoms with Gasteiger partial charge in [-0.05, 0) is 17.1 Å². The second-order valence-corrected chi connectivity index (χ2v) is 7.55. The summed E-state index contributed by atoms with van der Waals surface area (Å²) in [6, 6.07) is -0.289. The topological polar surface area (TPSA) is 66.4 Å². The summed E-state index contributed by atoms with van der Waals surface area (Å²) in [5, 5.41) is 12.1. The lowest BCUT2D eigenvalue weighted by Crippen LogP contribution is -2.40. The van der Waals surface area contributed by atoms with E-state index in [-0.39, 0.29) is 23.8 Å². The van der Waals surface area contributed by atoms with Gasteiger partial charge in [-0.3, -0.25) is 9.59 Å². The van der Waals surface area contributed by atoms with Gasteiger partial charge in [-0.25, -0.2) is 0 Å². The van der Waals surface area contributed by atoms with E-state index in [4.69, 9.17) is 5.11 Å². The molecule has 0 rings (SSSR count). The van der Waals surface area contributed by atoms with Crippen molar-refractivity contribution in [3.63, 3.8) is 0 Å². The van der Waals surface area contributed by atoms with Gasteiger partial charge >= 0.3 is 5.97 Å². The van der Waals surface area contributed by atoms with Gasteiger partial charge in [-0.15, -0.1) is 11.8 Å². The third kappa shape index (κ3) is 10.4. The van der Waals surface area contributed by atoms with Crippen LogP contribution < -0.4 is 5.32 Å². The van der Waals surface area contributed by atoms with E-state index in [2.05, 4.69) is 5.32 Å². The largest absolute Gasteiger partial charge is 0.481 e. The third-order valence-electron chi connectivity index (χ3n) is 2.19. The second kappa shape index (κ2) is 7.67. The normalized spacial score (nSPS) is 13.4. The van der Waals surface area contributed by atoms with Crippen molar-refractivity contribution in [3.8, 4) is 0 Å². The van der Waals surface area contributed by atoms with E-state index in [1.54, 1.807) is 11.8 Å². The molecule has 0 heterocycles. The number of carbonyl (C=O) groups excluding carboxylic acids is 1. The van der Waals surface area contributed by atoms with Crippen molar-refractivity contribution in [2.24, 2.45) is 5.41 Å². The molecular formula is C13H25NO3S. The molecule has 106 valence electrons. The van der Waals surface area contributed by atoms with Crippen LogP contribution >= 0.6 is 11.8 Å². The first-order valence-electron chi connectivity index (χ1n) is 6.23. The van der Waals surface area contributed by atoms with Crippen LogP contribution in [0.15, 0.2) is 0 Å². The van der Waals surface area contributed by atoms with E-state index in [1.165, 1.54) is 0 Å². The molecule has 1 amide bonds. The Bertz CT molecular complexity index is 284.